The van der Waals surface area contributed by atoms with Crippen molar-refractivity contribution in [2.75, 3.05) is 26.4 Å². The van der Waals surface area contributed by atoms with Crippen LogP contribution in [0.25, 0.3) is 0 Å². The van der Waals surface area contributed by atoms with Crippen LogP contribution >= 0.6 is 0 Å². The molecule has 1 fully saturated rings. The van der Waals surface area contributed by atoms with Crippen molar-refractivity contribution in [3.05, 3.63) is 0 Å². The van der Waals surface area contributed by atoms with Crippen molar-refractivity contribution in [3.8, 4) is 0 Å². The zero-order valence-corrected chi connectivity index (χ0v) is 8.65. The minimum absolute atomic E-state index is 0.276. The molecule has 0 aromatic carbocycles. The number of aliphatic hydroxyl groups is 4. The third kappa shape index (κ3) is 1.59. The van der Waals surface area contributed by atoms with Crippen LogP contribution < -0.4 is 0 Å². The summed E-state index contributed by atoms with van der Waals surface area (Å²) in [4.78, 5) is 11.8. The Labute approximate surface area is 88.4 Å². The summed E-state index contributed by atoms with van der Waals surface area (Å²) >= 11 is 0. The summed E-state index contributed by atoms with van der Waals surface area (Å²) in [6.45, 7) is -1.89. The fraction of sp³-hybridized carbons (Fsp3) is 0.900. The molecule has 1 aliphatic rings. The van der Waals surface area contributed by atoms with E-state index in [4.69, 9.17) is 0 Å². The van der Waals surface area contributed by atoms with Gasteiger partial charge in [-0.3, -0.25) is 4.79 Å². The molecule has 0 heterocycles. The standard InChI is InChI=1S/C10H18O5/c11-4-9(5-12)3-1-2-8(15)10(9,6-13)7-14/h11-14H,1-7H2. The van der Waals surface area contributed by atoms with Crippen molar-refractivity contribution < 1.29 is 25.2 Å². The first-order valence-corrected chi connectivity index (χ1v) is 5.09. The van der Waals surface area contributed by atoms with E-state index in [-0.39, 0.29) is 12.2 Å². The van der Waals surface area contributed by atoms with Gasteiger partial charge in [-0.15, -0.1) is 0 Å². The highest BCUT2D eigenvalue weighted by Gasteiger charge is 2.56. The molecule has 5 nitrogen and oxygen atoms in total. The summed E-state index contributed by atoms with van der Waals surface area (Å²) in [6.07, 6.45) is 1.29. The Morgan fingerprint density at radius 2 is 1.53 bits per heavy atom. The Bertz CT molecular complexity index is 230. The molecule has 4 N–H and O–H groups in total. The van der Waals surface area contributed by atoms with Crippen LogP contribution in [0.3, 0.4) is 0 Å². The largest absolute Gasteiger partial charge is 0.396 e. The summed E-state index contributed by atoms with van der Waals surface area (Å²) in [5, 5.41) is 37.3. The van der Waals surface area contributed by atoms with E-state index in [1.165, 1.54) is 0 Å². The summed E-state index contributed by atoms with van der Waals surface area (Å²) in [5.74, 6) is -0.276. The normalized spacial score (nSPS) is 24.1. The van der Waals surface area contributed by atoms with E-state index in [9.17, 15) is 25.2 Å². The molecular formula is C10H18O5. The van der Waals surface area contributed by atoms with Crippen LogP contribution in [0.2, 0.25) is 0 Å². The van der Waals surface area contributed by atoms with Gasteiger partial charge >= 0.3 is 0 Å². The van der Waals surface area contributed by atoms with E-state index < -0.39 is 37.3 Å². The number of carbonyl (C=O) groups excluding carboxylic acids is 1. The lowest BCUT2D eigenvalue weighted by atomic mass is 9.56. The van der Waals surface area contributed by atoms with Gasteiger partial charge in [-0.2, -0.15) is 0 Å². The second kappa shape index (κ2) is 4.57. The Balaban J connectivity index is 3.15. The Morgan fingerprint density at radius 1 is 1.00 bits per heavy atom. The molecule has 0 unspecified atom stereocenters. The van der Waals surface area contributed by atoms with E-state index in [0.717, 1.165) is 0 Å². The zero-order chi connectivity index (χ0) is 11.5. The fourth-order valence-electron chi connectivity index (χ4n) is 2.43. The van der Waals surface area contributed by atoms with Crippen LogP contribution in [0.5, 0.6) is 0 Å². The van der Waals surface area contributed by atoms with Crippen LogP contribution in [-0.2, 0) is 4.79 Å². The number of rotatable bonds is 4. The molecule has 0 aromatic heterocycles. The van der Waals surface area contributed by atoms with Gasteiger partial charge < -0.3 is 20.4 Å². The number of hydrogen-bond acceptors (Lipinski definition) is 5. The van der Waals surface area contributed by atoms with E-state index in [1.54, 1.807) is 0 Å². The van der Waals surface area contributed by atoms with Crippen LogP contribution in [0.15, 0.2) is 0 Å². The predicted octanol–water partition coefficient (Wildman–Crippen LogP) is -1.32. The lowest BCUT2D eigenvalue weighted by Crippen LogP contribution is -2.59. The lowest BCUT2D eigenvalue weighted by Gasteiger charge is -2.48. The highest BCUT2D eigenvalue weighted by molar-refractivity contribution is 5.87. The maximum atomic E-state index is 11.8. The SMILES string of the molecule is O=C1CCCC(CO)(CO)C1(CO)CO. The average molecular weight is 218 g/mol. The fourth-order valence-corrected chi connectivity index (χ4v) is 2.43. The lowest BCUT2D eigenvalue weighted by molar-refractivity contribution is -0.167. The first kappa shape index (κ1) is 12.6. The smallest absolute Gasteiger partial charge is 0.144 e. The maximum Gasteiger partial charge on any atom is 0.144 e. The van der Waals surface area contributed by atoms with Gasteiger partial charge in [-0.25, -0.2) is 0 Å². The molecule has 88 valence electrons. The van der Waals surface area contributed by atoms with E-state index >= 15 is 0 Å². The van der Waals surface area contributed by atoms with Gasteiger partial charge in [-0.1, -0.05) is 0 Å². The van der Waals surface area contributed by atoms with Crippen molar-refractivity contribution in [2.45, 2.75) is 19.3 Å². The van der Waals surface area contributed by atoms with Gasteiger partial charge in [0.15, 0.2) is 0 Å². The van der Waals surface area contributed by atoms with Gasteiger partial charge in [-0.05, 0) is 12.8 Å². The minimum atomic E-state index is -1.39. The first-order chi connectivity index (χ1) is 7.12. The van der Waals surface area contributed by atoms with Gasteiger partial charge in [0.25, 0.3) is 0 Å². The molecule has 0 aliphatic heterocycles. The summed E-state index contributed by atoms with van der Waals surface area (Å²) in [5.41, 5.74) is -2.49. The van der Waals surface area contributed by atoms with Gasteiger partial charge in [0.2, 0.25) is 0 Å². The molecule has 0 saturated heterocycles. The topological polar surface area (TPSA) is 98.0 Å². The Hall–Kier alpha value is -0.490. The molecule has 0 amide bonds. The third-order valence-corrected chi connectivity index (χ3v) is 3.75. The molecule has 0 radical (unpaired) electrons. The number of Topliss-reactive ketones (excluding diaryl/α,β-unsaturated/α-hetero) is 1. The molecule has 0 spiro atoms. The van der Waals surface area contributed by atoms with Crippen molar-refractivity contribution in [1.82, 2.24) is 0 Å². The number of carbonyl (C=O) groups is 1. The quantitative estimate of drug-likeness (QED) is 0.469. The zero-order valence-electron chi connectivity index (χ0n) is 8.65. The molecular weight excluding hydrogens is 200 g/mol. The second-order valence-corrected chi connectivity index (χ2v) is 4.27. The van der Waals surface area contributed by atoms with Gasteiger partial charge in [0, 0.05) is 11.8 Å². The second-order valence-electron chi connectivity index (χ2n) is 4.27. The first-order valence-electron chi connectivity index (χ1n) is 5.09. The predicted molar refractivity (Wildman–Crippen MR) is 52.1 cm³/mol. The highest BCUT2D eigenvalue weighted by atomic mass is 16.3. The van der Waals surface area contributed by atoms with Gasteiger partial charge in [0.1, 0.15) is 5.78 Å². The average Bonchev–Trinajstić information content (AvgIpc) is 2.29. The van der Waals surface area contributed by atoms with E-state index in [2.05, 4.69) is 0 Å². The molecule has 15 heavy (non-hydrogen) atoms. The van der Waals surface area contributed by atoms with Crippen LogP contribution in [0.4, 0.5) is 0 Å². The monoisotopic (exact) mass is 218 g/mol. The molecule has 0 aromatic rings. The van der Waals surface area contributed by atoms with Crippen molar-refractivity contribution in [3.63, 3.8) is 0 Å². The summed E-state index contributed by atoms with van der Waals surface area (Å²) in [6, 6.07) is 0. The number of ketones is 1. The van der Waals surface area contributed by atoms with Crippen molar-refractivity contribution in [2.24, 2.45) is 10.8 Å². The molecule has 1 rings (SSSR count). The maximum absolute atomic E-state index is 11.8. The molecule has 5 heteroatoms. The van der Waals surface area contributed by atoms with Crippen LogP contribution in [-0.4, -0.2) is 52.6 Å². The van der Waals surface area contributed by atoms with Crippen molar-refractivity contribution >= 4 is 5.78 Å². The Morgan fingerprint density at radius 3 is 1.87 bits per heavy atom. The number of aliphatic hydroxyl groups excluding tert-OH is 4. The molecule has 0 bridgehead atoms. The minimum Gasteiger partial charge on any atom is -0.396 e. The molecule has 1 saturated carbocycles. The van der Waals surface area contributed by atoms with Gasteiger partial charge in [0.05, 0.1) is 31.8 Å². The number of hydrogen-bond donors (Lipinski definition) is 4. The molecule has 1 aliphatic carbocycles. The van der Waals surface area contributed by atoms with E-state index in [1.807, 2.05) is 0 Å². The summed E-state index contributed by atoms with van der Waals surface area (Å²) < 4.78 is 0. The highest BCUT2D eigenvalue weighted by Crippen LogP contribution is 2.47. The summed E-state index contributed by atoms with van der Waals surface area (Å²) in [7, 11) is 0. The van der Waals surface area contributed by atoms with Crippen LogP contribution in [0.1, 0.15) is 19.3 Å². The van der Waals surface area contributed by atoms with Crippen molar-refractivity contribution in [1.29, 1.82) is 0 Å². The molecule has 0 atom stereocenters. The Kier molecular flexibility index (Phi) is 3.83. The third-order valence-electron chi connectivity index (χ3n) is 3.75. The van der Waals surface area contributed by atoms with Crippen LogP contribution in [0, 0.1) is 10.8 Å². The van der Waals surface area contributed by atoms with E-state index in [0.29, 0.717) is 12.8 Å².